The van der Waals surface area contributed by atoms with Gasteiger partial charge in [0.05, 0.1) is 18.8 Å². The molecule has 2 rings (SSSR count). The van der Waals surface area contributed by atoms with Crippen molar-refractivity contribution in [1.29, 1.82) is 0 Å². The van der Waals surface area contributed by atoms with Crippen LogP contribution in [0.3, 0.4) is 0 Å². The Bertz CT molecular complexity index is 448. The van der Waals surface area contributed by atoms with Crippen LogP contribution >= 0.6 is 0 Å². The third kappa shape index (κ3) is 2.52. The molecule has 2 unspecified atom stereocenters. The van der Waals surface area contributed by atoms with E-state index in [1.165, 1.54) is 0 Å². The van der Waals surface area contributed by atoms with Crippen molar-refractivity contribution in [3.8, 4) is 5.75 Å². The van der Waals surface area contributed by atoms with Gasteiger partial charge in [-0.05, 0) is 25.7 Å². The lowest BCUT2D eigenvalue weighted by atomic mass is 9.74. The van der Waals surface area contributed by atoms with Gasteiger partial charge in [0.2, 0.25) is 5.78 Å². The summed E-state index contributed by atoms with van der Waals surface area (Å²) in [6, 6.07) is 0. The number of ether oxygens (including phenoxy) is 1. The molecule has 1 aromatic heterocycles. The molecule has 19 heavy (non-hydrogen) atoms. The maximum Gasteiger partial charge on any atom is 0.204 e. The molecule has 2 atom stereocenters. The van der Waals surface area contributed by atoms with Crippen LogP contribution in [0.15, 0.2) is 6.20 Å². The van der Waals surface area contributed by atoms with Gasteiger partial charge >= 0.3 is 0 Å². The fourth-order valence-electron chi connectivity index (χ4n) is 3.02. The Balaban J connectivity index is 2.35. The lowest BCUT2D eigenvalue weighted by Crippen LogP contribution is -2.51. The van der Waals surface area contributed by atoms with Gasteiger partial charge in [0, 0.05) is 6.54 Å². The van der Waals surface area contributed by atoms with Crippen LogP contribution in [0.4, 0.5) is 0 Å². The highest BCUT2D eigenvalue weighted by Crippen LogP contribution is 2.34. The fourth-order valence-corrected chi connectivity index (χ4v) is 3.02. The molecule has 1 aliphatic rings. The Morgan fingerprint density at radius 2 is 2.42 bits per heavy atom. The summed E-state index contributed by atoms with van der Waals surface area (Å²) in [5, 5.41) is 4.19. The molecule has 0 spiro atoms. The number of carbonyl (C=O) groups excluding carboxylic acids is 1. The van der Waals surface area contributed by atoms with Gasteiger partial charge in [0.25, 0.3) is 0 Å². The number of ketones is 1. The average Bonchev–Trinajstić information content (AvgIpc) is 2.80. The van der Waals surface area contributed by atoms with Crippen LogP contribution in [-0.2, 0) is 6.54 Å². The van der Waals surface area contributed by atoms with E-state index in [2.05, 4.69) is 12.0 Å². The number of aryl methyl sites for hydroxylation is 1. The molecule has 1 fully saturated rings. The van der Waals surface area contributed by atoms with Crippen molar-refractivity contribution in [1.82, 2.24) is 9.78 Å². The zero-order chi connectivity index (χ0) is 14.0. The molecule has 106 valence electrons. The second kappa shape index (κ2) is 5.33. The van der Waals surface area contributed by atoms with Gasteiger partial charge in [0.1, 0.15) is 5.69 Å². The first-order valence-electron chi connectivity index (χ1n) is 6.95. The zero-order valence-electron chi connectivity index (χ0n) is 12.0. The van der Waals surface area contributed by atoms with E-state index < -0.39 is 5.54 Å². The molecule has 0 aromatic carbocycles. The van der Waals surface area contributed by atoms with E-state index in [1.807, 2.05) is 6.92 Å². The van der Waals surface area contributed by atoms with Crippen LogP contribution in [-0.4, -0.2) is 28.2 Å². The Labute approximate surface area is 114 Å². The minimum atomic E-state index is -0.766. The highest BCUT2D eigenvalue weighted by molar-refractivity contribution is 6.03. The quantitative estimate of drug-likeness (QED) is 0.845. The predicted octanol–water partition coefficient (Wildman–Crippen LogP) is 2.00. The zero-order valence-corrected chi connectivity index (χ0v) is 12.0. The first-order valence-corrected chi connectivity index (χ1v) is 6.95. The molecule has 0 saturated heterocycles. The molecular formula is C14H23N3O2. The molecule has 1 aliphatic carbocycles. The Morgan fingerprint density at radius 1 is 1.68 bits per heavy atom. The van der Waals surface area contributed by atoms with Crippen molar-refractivity contribution < 1.29 is 9.53 Å². The van der Waals surface area contributed by atoms with E-state index in [0.717, 1.165) is 25.7 Å². The third-order valence-electron chi connectivity index (χ3n) is 4.03. The number of rotatable bonds is 4. The number of Topliss-reactive ketones (excluding diaryl/α,β-unsaturated/α-hetero) is 1. The molecule has 0 bridgehead atoms. The van der Waals surface area contributed by atoms with E-state index >= 15 is 0 Å². The lowest BCUT2D eigenvalue weighted by Gasteiger charge is -2.35. The number of hydrogen-bond acceptors (Lipinski definition) is 4. The van der Waals surface area contributed by atoms with Crippen LogP contribution in [0.2, 0.25) is 0 Å². The third-order valence-corrected chi connectivity index (χ3v) is 4.03. The molecule has 5 heteroatoms. The molecule has 0 aliphatic heterocycles. The fraction of sp³-hybridized carbons (Fsp3) is 0.714. The molecule has 0 amide bonds. The van der Waals surface area contributed by atoms with Crippen molar-refractivity contribution in [3.63, 3.8) is 0 Å². The van der Waals surface area contributed by atoms with Gasteiger partial charge in [-0.1, -0.05) is 19.8 Å². The van der Waals surface area contributed by atoms with Crippen molar-refractivity contribution >= 4 is 5.78 Å². The molecular weight excluding hydrogens is 242 g/mol. The second-order valence-electron chi connectivity index (χ2n) is 5.56. The number of carbonyl (C=O) groups is 1. The van der Waals surface area contributed by atoms with Gasteiger partial charge in [-0.3, -0.25) is 9.48 Å². The molecule has 0 radical (unpaired) electrons. The maximum absolute atomic E-state index is 12.8. The van der Waals surface area contributed by atoms with Crippen LogP contribution in [0, 0.1) is 5.92 Å². The maximum atomic E-state index is 12.8. The number of nitrogens with two attached hydrogens (primary N) is 1. The van der Waals surface area contributed by atoms with Crippen molar-refractivity contribution in [3.05, 3.63) is 11.9 Å². The monoisotopic (exact) mass is 265 g/mol. The molecule has 1 aromatic rings. The SMILES string of the molecule is CCn1ncc(OC)c1C(=O)C1(N)CCCC(C)C1. The van der Waals surface area contributed by atoms with Gasteiger partial charge < -0.3 is 10.5 Å². The van der Waals surface area contributed by atoms with Crippen molar-refractivity contribution in [2.45, 2.75) is 51.6 Å². The van der Waals surface area contributed by atoms with E-state index in [9.17, 15) is 4.79 Å². The lowest BCUT2D eigenvalue weighted by molar-refractivity contribution is 0.0804. The highest BCUT2D eigenvalue weighted by Gasteiger charge is 2.41. The highest BCUT2D eigenvalue weighted by atomic mass is 16.5. The molecule has 1 saturated carbocycles. The normalized spacial score (nSPS) is 27.3. The summed E-state index contributed by atoms with van der Waals surface area (Å²) in [6.45, 7) is 4.74. The van der Waals surface area contributed by atoms with Crippen molar-refractivity contribution in [2.24, 2.45) is 11.7 Å². The van der Waals surface area contributed by atoms with Crippen LogP contribution in [0.1, 0.15) is 50.0 Å². The van der Waals surface area contributed by atoms with E-state index in [1.54, 1.807) is 18.0 Å². The van der Waals surface area contributed by atoms with Gasteiger partial charge in [-0.2, -0.15) is 5.10 Å². The summed E-state index contributed by atoms with van der Waals surface area (Å²) >= 11 is 0. The van der Waals surface area contributed by atoms with Crippen LogP contribution in [0.25, 0.3) is 0 Å². The summed E-state index contributed by atoms with van der Waals surface area (Å²) in [7, 11) is 1.56. The molecule has 2 N–H and O–H groups in total. The van der Waals surface area contributed by atoms with E-state index in [0.29, 0.717) is 23.9 Å². The summed E-state index contributed by atoms with van der Waals surface area (Å²) in [5.41, 5.74) is 6.13. The summed E-state index contributed by atoms with van der Waals surface area (Å²) < 4.78 is 6.93. The first kappa shape index (κ1) is 14.1. The number of methoxy groups -OCH3 is 1. The standard InChI is InChI=1S/C14H23N3O2/c1-4-17-12(11(19-3)9-16-17)13(18)14(15)7-5-6-10(2)8-14/h9-10H,4-8,15H2,1-3H3. The first-order chi connectivity index (χ1) is 9.01. The predicted molar refractivity (Wildman–Crippen MR) is 73.3 cm³/mol. The average molecular weight is 265 g/mol. The van der Waals surface area contributed by atoms with E-state index in [4.69, 9.17) is 10.5 Å². The van der Waals surface area contributed by atoms with E-state index in [-0.39, 0.29) is 5.78 Å². The topological polar surface area (TPSA) is 70.1 Å². The number of nitrogens with zero attached hydrogens (tertiary/aromatic N) is 2. The Kier molecular flexibility index (Phi) is 3.94. The summed E-state index contributed by atoms with van der Waals surface area (Å²) in [5.74, 6) is 0.983. The van der Waals surface area contributed by atoms with Gasteiger partial charge in [-0.25, -0.2) is 0 Å². The van der Waals surface area contributed by atoms with Gasteiger partial charge in [-0.15, -0.1) is 0 Å². The second-order valence-corrected chi connectivity index (χ2v) is 5.56. The number of hydrogen-bond donors (Lipinski definition) is 1. The molecule has 1 heterocycles. The smallest absolute Gasteiger partial charge is 0.204 e. The number of aromatic nitrogens is 2. The van der Waals surface area contributed by atoms with Gasteiger partial charge in [0.15, 0.2) is 5.75 Å². The summed E-state index contributed by atoms with van der Waals surface area (Å²) in [4.78, 5) is 12.8. The summed E-state index contributed by atoms with van der Waals surface area (Å²) in [6.07, 6.45) is 5.23. The van der Waals surface area contributed by atoms with Crippen molar-refractivity contribution in [2.75, 3.05) is 7.11 Å². The Hall–Kier alpha value is -1.36. The van der Waals surface area contributed by atoms with Crippen LogP contribution in [0.5, 0.6) is 5.75 Å². The largest absolute Gasteiger partial charge is 0.493 e. The Morgan fingerprint density at radius 3 is 3.00 bits per heavy atom. The van der Waals surface area contributed by atoms with Crippen LogP contribution < -0.4 is 10.5 Å². The minimum Gasteiger partial charge on any atom is -0.493 e. The molecule has 5 nitrogen and oxygen atoms in total. The minimum absolute atomic E-state index is 0.0322.